The number of hydrogen-bond donors (Lipinski definition) is 0. The molecule has 0 saturated heterocycles. The van der Waals surface area contributed by atoms with Crippen molar-refractivity contribution in [1.29, 1.82) is 0 Å². The molecule has 1 aliphatic rings. The van der Waals surface area contributed by atoms with Gasteiger partial charge >= 0.3 is 0 Å². The van der Waals surface area contributed by atoms with Crippen LogP contribution in [-0.4, -0.2) is 0 Å². The highest BCUT2D eigenvalue weighted by Crippen LogP contribution is 2.16. The van der Waals surface area contributed by atoms with Gasteiger partial charge in [0.25, 0.3) is 0 Å². The Kier molecular flexibility index (Phi) is 2.43. The van der Waals surface area contributed by atoms with Gasteiger partial charge in [0.1, 0.15) is 5.83 Å². The van der Waals surface area contributed by atoms with Crippen LogP contribution in [0.3, 0.4) is 0 Å². The maximum atomic E-state index is 12.8. The van der Waals surface area contributed by atoms with Crippen LogP contribution in [0.1, 0.15) is 19.8 Å². The minimum atomic E-state index is -0.0868. The van der Waals surface area contributed by atoms with Gasteiger partial charge in [-0.15, -0.1) is 0 Å². The highest BCUT2D eigenvalue weighted by molar-refractivity contribution is 5.31. The summed E-state index contributed by atoms with van der Waals surface area (Å²) in [5.41, 5.74) is 0.800. The lowest BCUT2D eigenvalue weighted by Gasteiger charge is -1.94. The topological polar surface area (TPSA) is 0 Å². The summed E-state index contributed by atoms with van der Waals surface area (Å²) in [5, 5.41) is 0. The molecule has 0 aromatic carbocycles. The van der Waals surface area contributed by atoms with Crippen LogP contribution in [0.4, 0.5) is 4.39 Å². The molecule has 0 nitrogen and oxygen atoms in total. The second-order valence-electron chi connectivity index (χ2n) is 2.27. The molecule has 0 heterocycles. The molecule has 1 rings (SSSR count). The van der Waals surface area contributed by atoms with Crippen molar-refractivity contribution in [2.24, 2.45) is 0 Å². The molecule has 0 bridgehead atoms. The van der Waals surface area contributed by atoms with Gasteiger partial charge in [-0.3, -0.25) is 0 Å². The lowest BCUT2D eigenvalue weighted by atomic mass is 10.2. The molecule has 0 atom stereocenters. The molecule has 0 N–H and O–H groups in total. The number of halogens is 1. The zero-order valence-electron chi connectivity index (χ0n) is 6.10. The molecule has 0 radical (unpaired) electrons. The maximum Gasteiger partial charge on any atom is 0.126 e. The van der Waals surface area contributed by atoms with Crippen LogP contribution < -0.4 is 0 Å². The molecular weight excluding hydrogens is 127 g/mol. The molecule has 1 aliphatic carbocycles. The standard InChI is InChI=1S/C9H11F/c1-2-8-6-4-3-5-7-9(8)10/h4-7H,2-3H2,1H3. The molecule has 0 fully saturated rings. The van der Waals surface area contributed by atoms with Crippen molar-refractivity contribution < 1.29 is 4.39 Å². The van der Waals surface area contributed by atoms with Crippen molar-refractivity contribution in [1.82, 2.24) is 0 Å². The van der Waals surface area contributed by atoms with E-state index in [0.29, 0.717) is 0 Å². The van der Waals surface area contributed by atoms with Gasteiger partial charge < -0.3 is 0 Å². The smallest absolute Gasteiger partial charge is 0.126 e. The Morgan fingerprint density at radius 3 is 2.80 bits per heavy atom. The third-order valence-corrected chi connectivity index (χ3v) is 1.54. The van der Waals surface area contributed by atoms with E-state index in [2.05, 4.69) is 0 Å². The minimum absolute atomic E-state index is 0.0868. The Hall–Kier alpha value is -0.850. The summed E-state index contributed by atoms with van der Waals surface area (Å²) < 4.78 is 12.8. The molecule has 0 saturated carbocycles. The van der Waals surface area contributed by atoms with E-state index in [-0.39, 0.29) is 5.83 Å². The van der Waals surface area contributed by atoms with Gasteiger partial charge in [0.05, 0.1) is 0 Å². The molecule has 0 aromatic heterocycles. The third kappa shape index (κ3) is 1.56. The summed E-state index contributed by atoms with van der Waals surface area (Å²) in [4.78, 5) is 0. The van der Waals surface area contributed by atoms with Crippen LogP contribution >= 0.6 is 0 Å². The average Bonchev–Trinajstić information content (AvgIpc) is 2.13. The average molecular weight is 138 g/mol. The second-order valence-corrected chi connectivity index (χ2v) is 2.27. The number of allylic oxidation sites excluding steroid dienone is 6. The van der Waals surface area contributed by atoms with Crippen LogP contribution in [0.5, 0.6) is 0 Å². The lowest BCUT2D eigenvalue weighted by molar-refractivity contribution is 0.653. The van der Waals surface area contributed by atoms with E-state index in [1.807, 2.05) is 25.2 Å². The van der Waals surface area contributed by atoms with Gasteiger partial charge in [-0.1, -0.05) is 25.2 Å². The van der Waals surface area contributed by atoms with E-state index in [4.69, 9.17) is 0 Å². The Bertz CT molecular complexity index is 197. The van der Waals surface area contributed by atoms with Gasteiger partial charge in [0, 0.05) is 0 Å². The first kappa shape index (κ1) is 7.26. The maximum absolute atomic E-state index is 12.8. The zero-order valence-corrected chi connectivity index (χ0v) is 6.10. The van der Waals surface area contributed by atoms with Crippen molar-refractivity contribution in [3.63, 3.8) is 0 Å². The van der Waals surface area contributed by atoms with E-state index in [1.165, 1.54) is 0 Å². The molecule has 0 unspecified atom stereocenters. The van der Waals surface area contributed by atoms with Gasteiger partial charge in [-0.25, -0.2) is 4.39 Å². The van der Waals surface area contributed by atoms with E-state index >= 15 is 0 Å². The Morgan fingerprint density at radius 2 is 2.10 bits per heavy atom. The minimum Gasteiger partial charge on any atom is -0.207 e. The fourth-order valence-electron chi connectivity index (χ4n) is 0.934. The van der Waals surface area contributed by atoms with Gasteiger partial charge in [0.15, 0.2) is 0 Å². The first-order valence-electron chi connectivity index (χ1n) is 3.56. The molecule has 0 amide bonds. The van der Waals surface area contributed by atoms with Crippen LogP contribution in [0.25, 0.3) is 0 Å². The van der Waals surface area contributed by atoms with Crippen molar-refractivity contribution in [2.45, 2.75) is 19.8 Å². The first-order valence-corrected chi connectivity index (χ1v) is 3.56. The lowest BCUT2D eigenvalue weighted by Crippen LogP contribution is -1.76. The fraction of sp³-hybridized carbons (Fsp3) is 0.333. The molecular formula is C9H11F. The normalized spacial score (nSPS) is 17.8. The molecule has 1 heteroatoms. The van der Waals surface area contributed by atoms with E-state index in [9.17, 15) is 4.39 Å². The summed E-state index contributed by atoms with van der Waals surface area (Å²) in [6.07, 6.45) is 8.81. The van der Waals surface area contributed by atoms with Gasteiger partial charge in [-0.05, 0) is 24.5 Å². The van der Waals surface area contributed by atoms with Crippen molar-refractivity contribution in [3.8, 4) is 0 Å². The van der Waals surface area contributed by atoms with Crippen molar-refractivity contribution in [2.75, 3.05) is 0 Å². The SMILES string of the molecule is CCC1=C(F)C=CCC=C1. The molecule has 0 spiro atoms. The number of hydrogen-bond acceptors (Lipinski definition) is 0. The molecule has 10 heavy (non-hydrogen) atoms. The van der Waals surface area contributed by atoms with Crippen LogP contribution in [0.15, 0.2) is 35.7 Å². The molecule has 54 valence electrons. The Balaban J connectivity index is 2.88. The number of rotatable bonds is 1. The highest BCUT2D eigenvalue weighted by Gasteiger charge is 1.98. The van der Waals surface area contributed by atoms with E-state index in [1.54, 1.807) is 6.08 Å². The predicted molar refractivity (Wildman–Crippen MR) is 41.3 cm³/mol. The summed E-state index contributed by atoms with van der Waals surface area (Å²) in [6.45, 7) is 1.96. The van der Waals surface area contributed by atoms with Crippen LogP contribution in [-0.2, 0) is 0 Å². The first-order chi connectivity index (χ1) is 4.84. The quantitative estimate of drug-likeness (QED) is 0.522. The van der Waals surface area contributed by atoms with Crippen LogP contribution in [0, 0.1) is 0 Å². The van der Waals surface area contributed by atoms with Crippen molar-refractivity contribution in [3.05, 3.63) is 35.7 Å². The largest absolute Gasteiger partial charge is 0.207 e. The molecule has 0 aliphatic heterocycles. The summed E-state index contributed by atoms with van der Waals surface area (Å²) in [7, 11) is 0. The molecule has 0 aromatic rings. The van der Waals surface area contributed by atoms with Crippen molar-refractivity contribution >= 4 is 0 Å². The van der Waals surface area contributed by atoms with Crippen LogP contribution in [0.2, 0.25) is 0 Å². The van der Waals surface area contributed by atoms with E-state index in [0.717, 1.165) is 18.4 Å². The van der Waals surface area contributed by atoms with Gasteiger partial charge in [-0.2, -0.15) is 0 Å². The highest BCUT2D eigenvalue weighted by atomic mass is 19.1. The predicted octanol–water partition coefficient (Wildman–Crippen LogP) is 3.14. The summed E-state index contributed by atoms with van der Waals surface area (Å²) in [6, 6.07) is 0. The summed E-state index contributed by atoms with van der Waals surface area (Å²) in [5.74, 6) is -0.0868. The Labute approximate surface area is 60.7 Å². The fourth-order valence-corrected chi connectivity index (χ4v) is 0.934. The third-order valence-electron chi connectivity index (χ3n) is 1.54. The van der Waals surface area contributed by atoms with E-state index < -0.39 is 0 Å². The van der Waals surface area contributed by atoms with Gasteiger partial charge in [0.2, 0.25) is 0 Å². The second kappa shape index (κ2) is 3.35. The zero-order chi connectivity index (χ0) is 7.40. The Morgan fingerprint density at radius 1 is 1.40 bits per heavy atom. The monoisotopic (exact) mass is 138 g/mol. The summed E-state index contributed by atoms with van der Waals surface area (Å²) >= 11 is 0.